The van der Waals surface area contributed by atoms with E-state index in [1.807, 2.05) is 37.3 Å². The molecule has 1 saturated carbocycles. The molecule has 0 aromatic heterocycles. The number of anilines is 1. The fraction of sp³-hybridized carbons (Fsp3) is 0.353. The van der Waals surface area contributed by atoms with Gasteiger partial charge in [-0.3, -0.25) is 19.2 Å². The van der Waals surface area contributed by atoms with Crippen molar-refractivity contribution in [1.29, 1.82) is 0 Å². The van der Waals surface area contributed by atoms with E-state index in [4.69, 9.17) is 11.6 Å². The first kappa shape index (κ1) is 30.4. The van der Waals surface area contributed by atoms with Gasteiger partial charge in [-0.15, -0.1) is 0 Å². The highest BCUT2D eigenvalue weighted by Gasteiger charge is 2.36. The highest BCUT2D eigenvalue weighted by atomic mass is 35.5. The zero-order chi connectivity index (χ0) is 30.3. The first-order valence-corrected chi connectivity index (χ1v) is 15.2. The lowest BCUT2D eigenvalue weighted by Crippen LogP contribution is -2.56. The molecule has 0 spiro atoms. The van der Waals surface area contributed by atoms with Crippen molar-refractivity contribution < 1.29 is 19.2 Å². The molecule has 2 aliphatic rings. The molecule has 2 unspecified atom stereocenters. The van der Waals surface area contributed by atoms with E-state index < -0.39 is 18.0 Å². The van der Waals surface area contributed by atoms with E-state index in [-0.39, 0.29) is 37.0 Å². The van der Waals surface area contributed by atoms with Crippen LogP contribution in [-0.2, 0) is 27.3 Å². The Hall–Kier alpha value is -4.01. The molecule has 3 aromatic carbocycles. The number of carbonyl (C=O) groups is 4. The molecule has 1 fully saturated rings. The van der Waals surface area contributed by atoms with Crippen LogP contribution in [0.3, 0.4) is 0 Å². The minimum absolute atomic E-state index is 0.00911. The third-order valence-corrected chi connectivity index (χ3v) is 8.46. The zero-order valence-electron chi connectivity index (χ0n) is 24.3. The monoisotopic (exact) mass is 600 g/mol. The summed E-state index contributed by atoms with van der Waals surface area (Å²) >= 11 is 6.16. The molecule has 3 aromatic rings. The summed E-state index contributed by atoms with van der Waals surface area (Å²) in [6.45, 7) is 2.69. The molecular formula is C34H37ClN4O4. The van der Waals surface area contributed by atoms with Gasteiger partial charge in [-0.25, -0.2) is 0 Å². The molecule has 43 heavy (non-hydrogen) atoms. The van der Waals surface area contributed by atoms with Crippen molar-refractivity contribution in [3.63, 3.8) is 0 Å². The lowest BCUT2D eigenvalue weighted by atomic mass is 9.92. The molecule has 2 atom stereocenters. The van der Waals surface area contributed by atoms with E-state index in [1.54, 1.807) is 47.4 Å². The smallest absolute Gasteiger partial charge is 0.246 e. The average molecular weight is 601 g/mol. The number of amides is 3. The lowest BCUT2D eigenvalue weighted by Gasteiger charge is -2.37. The van der Waals surface area contributed by atoms with Gasteiger partial charge in [0.1, 0.15) is 12.1 Å². The van der Waals surface area contributed by atoms with Crippen molar-refractivity contribution in [3.05, 3.63) is 100 Å². The fourth-order valence-corrected chi connectivity index (χ4v) is 5.48. The Morgan fingerprint density at radius 2 is 1.65 bits per heavy atom. The molecule has 0 bridgehead atoms. The second-order valence-electron chi connectivity index (χ2n) is 11.3. The molecule has 9 heteroatoms. The quantitative estimate of drug-likeness (QED) is 0.258. The number of ketones is 1. The highest BCUT2D eigenvalue weighted by molar-refractivity contribution is 6.31. The molecule has 0 radical (unpaired) electrons. The first-order valence-electron chi connectivity index (χ1n) is 14.8. The van der Waals surface area contributed by atoms with Crippen LogP contribution in [0.2, 0.25) is 5.02 Å². The van der Waals surface area contributed by atoms with E-state index in [1.165, 1.54) is 0 Å². The molecular weight excluding hydrogens is 564 g/mol. The number of aryl methyl sites for hydroxylation is 1. The topological polar surface area (TPSA) is 108 Å². The number of fused-ring (bicyclic) bond motifs is 1. The number of nitrogens with one attached hydrogen (secondary N) is 3. The van der Waals surface area contributed by atoms with Gasteiger partial charge in [0.2, 0.25) is 17.7 Å². The van der Waals surface area contributed by atoms with E-state index in [2.05, 4.69) is 16.0 Å². The molecule has 5 rings (SSSR count). The Kier molecular flexibility index (Phi) is 9.89. The van der Waals surface area contributed by atoms with Gasteiger partial charge in [0.05, 0.1) is 0 Å². The molecule has 0 saturated heterocycles. The minimum atomic E-state index is -0.816. The lowest BCUT2D eigenvalue weighted by molar-refractivity contribution is -0.142. The molecule has 3 amide bonds. The van der Waals surface area contributed by atoms with Crippen LogP contribution in [0.4, 0.5) is 5.69 Å². The predicted molar refractivity (Wildman–Crippen MR) is 167 cm³/mol. The summed E-state index contributed by atoms with van der Waals surface area (Å²) in [5.41, 5.74) is 3.93. The summed E-state index contributed by atoms with van der Waals surface area (Å²) in [7, 11) is 0. The number of carbonyl (C=O) groups excluding carboxylic acids is 4. The van der Waals surface area contributed by atoms with Gasteiger partial charge in [-0.2, -0.15) is 0 Å². The molecule has 224 valence electrons. The van der Waals surface area contributed by atoms with Crippen LogP contribution in [0.25, 0.3) is 0 Å². The van der Waals surface area contributed by atoms with Gasteiger partial charge in [0.15, 0.2) is 5.78 Å². The number of hydrogen-bond acceptors (Lipinski definition) is 5. The van der Waals surface area contributed by atoms with E-state index in [0.29, 0.717) is 41.7 Å². The zero-order valence-corrected chi connectivity index (χ0v) is 25.0. The van der Waals surface area contributed by atoms with Crippen LogP contribution < -0.4 is 16.0 Å². The van der Waals surface area contributed by atoms with Crippen molar-refractivity contribution in [1.82, 2.24) is 15.5 Å². The summed E-state index contributed by atoms with van der Waals surface area (Å²) in [4.78, 5) is 55.1. The van der Waals surface area contributed by atoms with Crippen LogP contribution in [0.15, 0.2) is 72.8 Å². The van der Waals surface area contributed by atoms with Crippen LogP contribution in [0, 0.1) is 6.92 Å². The first-order chi connectivity index (χ1) is 20.8. The number of Topliss-reactive ketones (excluding diaryl/α,β-unsaturated/α-hetero) is 1. The predicted octanol–water partition coefficient (Wildman–Crippen LogP) is 4.83. The number of halogens is 1. The molecule has 1 aliphatic carbocycles. The Labute approximate surface area is 257 Å². The maximum atomic E-state index is 13.9. The Bertz CT molecular complexity index is 1490. The number of rotatable bonds is 12. The molecule has 1 heterocycles. The Balaban J connectivity index is 1.30. The molecule has 1 aliphatic heterocycles. The minimum Gasteiger partial charge on any atom is -0.342 e. The van der Waals surface area contributed by atoms with Crippen molar-refractivity contribution in [2.75, 3.05) is 11.9 Å². The molecule has 3 N–H and O–H groups in total. The van der Waals surface area contributed by atoms with Gasteiger partial charge < -0.3 is 20.9 Å². The van der Waals surface area contributed by atoms with E-state index in [9.17, 15) is 19.2 Å². The second-order valence-corrected chi connectivity index (χ2v) is 11.7. The SMILES string of the molecule is Cc1cc(NC(=O)C(CCNC2CC2)NC(=O)C2Cc3ccccc3CN2C(=O)CCC(=O)c2ccccc2)ccc1Cl. The van der Waals surface area contributed by atoms with E-state index >= 15 is 0 Å². The number of benzene rings is 3. The van der Waals surface area contributed by atoms with Crippen molar-refractivity contribution in [2.45, 2.75) is 70.1 Å². The van der Waals surface area contributed by atoms with Crippen LogP contribution in [0.1, 0.15) is 59.2 Å². The molecule has 8 nitrogen and oxygen atoms in total. The van der Waals surface area contributed by atoms with Gasteiger partial charge in [-0.05, 0) is 67.6 Å². The fourth-order valence-electron chi connectivity index (χ4n) is 5.36. The van der Waals surface area contributed by atoms with Gasteiger partial charge in [-0.1, -0.05) is 66.2 Å². The van der Waals surface area contributed by atoms with Crippen molar-refractivity contribution in [2.24, 2.45) is 0 Å². The van der Waals surface area contributed by atoms with Crippen molar-refractivity contribution >= 4 is 40.8 Å². The summed E-state index contributed by atoms with van der Waals surface area (Å²) < 4.78 is 0. The summed E-state index contributed by atoms with van der Waals surface area (Å²) in [5.74, 6) is -1.12. The number of hydrogen-bond donors (Lipinski definition) is 3. The maximum absolute atomic E-state index is 13.9. The van der Waals surface area contributed by atoms with E-state index in [0.717, 1.165) is 29.5 Å². The van der Waals surface area contributed by atoms with Gasteiger partial charge in [0, 0.05) is 48.1 Å². The van der Waals surface area contributed by atoms with Crippen LogP contribution in [0.5, 0.6) is 0 Å². The standard InChI is InChI=1S/C34H37ClN4O4/c1-22-19-27(13-14-28(22)35)37-33(42)29(17-18-36-26-11-12-26)38-34(43)30-20-24-9-5-6-10-25(24)21-39(30)32(41)16-15-31(40)23-7-3-2-4-8-23/h2-10,13-14,19,26,29-30,36H,11-12,15-18,20-21H2,1H3,(H,37,42)(H,38,43). The second kappa shape index (κ2) is 14.0. The Morgan fingerprint density at radius 3 is 2.37 bits per heavy atom. The summed E-state index contributed by atoms with van der Waals surface area (Å²) in [6, 6.07) is 20.7. The van der Waals surface area contributed by atoms with Gasteiger partial charge >= 0.3 is 0 Å². The van der Waals surface area contributed by atoms with Crippen LogP contribution >= 0.6 is 11.6 Å². The number of nitrogens with zero attached hydrogens (tertiary/aromatic N) is 1. The van der Waals surface area contributed by atoms with Crippen LogP contribution in [-0.4, -0.2) is 53.1 Å². The summed E-state index contributed by atoms with van der Waals surface area (Å²) in [5, 5.41) is 9.88. The highest BCUT2D eigenvalue weighted by Crippen LogP contribution is 2.26. The van der Waals surface area contributed by atoms with Crippen molar-refractivity contribution in [3.8, 4) is 0 Å². The summed E-state index contributed by atoms with van der Waals surface area (Å²) in [6.07, 6.45) is 2.98. The maximum Gasteiger partial charge on any atom is 0.246 e. The Morgan fingerprint density at radius 1 is 0.930 bits per heavy atom. The third-order valence-electron chi connectivity index (χ3n) is 8.04. The normalized spacial score (nSPS) is 16.6. The average Bonchev–Trinajstić information content (AvgIpc) is 3.85. The van der Waals surface area contributed by atoms with Gasteiger partial charge in [0.25, 0.3) is 0 Å². The largest absolute Gasteiger partial charge is 0.342 e. The third kappa shape index (κ3) is 8.09.